The van der Waals surface area contributed by atoms with Gasteiger partial charge in [-0.05, 0) is 29.2 Å². The molecule has 2 aromatic heterocycles. The van der Waals surface area contributed by atoms with E-state index in [-0.39, 0.29) is 24.0 Å². The van der Waals surface area contributed by atoms with Crippen molar-refractivity contribution < 1.29 is 0 Å². The minimum Gasteiger partial charge on any atom is -0.361 e. The monoisotopic (exact) mass is 514 g/mol. The van der Waals surface area contributed by atoms with Crippen LogP contribution in [0.3, 0.4) is 0 Å². The van der Waals surface area contributed by atoms with Gasteiger partial charge in [-0.1, -0.05) is 42.5 Å². The first-order valence-corrected chi connectivity index (χ1v) is 9.85. The first kappa shape index (κ1) is 21.9. The number of imidazole rings is 1. The Kier molecular flexibility index (Phi) is 7.89. The van der Waals surface area contributed by atoms with Crippen LogP contribution in [0.15, 0.2) is 78.4 Å². The van der Waals surface area contributed by atoms with E-state index in [9.17, 15) is 0 Å². The molecule has 0 unspecified atom stereocenters. The number of aromatic amines is 1. The second kappa shape index (κ2) is 10.8. The van der Waals surface area contributed by atoms with E-state index in [1.165, 1.54) is 27.6 Å². The van der Waals surface area contributed by atoms with E-state index < -0.39 is 0 Å². The van der Waals surface area contributed by atoms with E-state index in [0.717, 1.165) is 32.0 Å². The van der Waals surface area contributed by atoms with Crippen molar-refractivity contribution in [2.24, 2.45) is 4.99 Å². The molecule has 0 fully saturated rings. The highest BCUT2D eigenvalue weighted by Crippen LogP contribution is 2.17. The predicted molar refractivity (Wildman–Crippen MR) is 133 cm³/mol. The van der Waals surface area contributed by atoms with Gasteiger partial charge in [-0.25, -0.2) is 4.98 Å². The smallest absolute Gasteiger partial charge is 0.191 e. The van der Waals surface area contributed by atoms with Crippen molar-refractivity contribution in [1.82, 2.24) is 25.2 Å². The summed E-state index contributed by atoms with van der Waals surface area (Å²) in [7, 11) is 1.80. The zero-order chi connectivity index (χ0) is 19.9. The van der Waals surface area contributed by atoms with Crippen LogP contribution in [0.1, 0.15) is 16.7 Å². The minimum atomic E-state index is 0. The van der Waals surface area contributed by atoms with Crippen LogP contribution < -0.4 is 10.6 Å². The molecule has 3 N–H and O–H groups in total. The zero-order valence-corrected chi connectivity index (χ0v) is 19.3. The minimum absolute atomic E-state index is 0. The van der Waals surface area contributed by atoms with E-state index in [4.69, 9.17) is 0 Å². The third kappa shape index (κ3) is 5.63. The summed E-state index contributed by atoms with van der Waals surface area (Å²) >= 11 is 0. The summed E-state index contributed by atoms with van der Waals surface area (Å²) in [5.41, 5.74) is 4.98. The Morgan fingerprint density at radius 1 is 1.10 bits per heavy atom. The molecule has 0 amide bonds. The van der Waals surface area contributed by atoms with Gasteiger partial charge in [0.1, 0.15) is 0 Å². The van der Waals surface area contributed by atoms with Gasteiger partial charge < -0.3 is 20.2 Å². The molecule has 0 radical (unpaired) electrons. The second-order valence-corrected chi connectivity index (χ2v) is 7.02. The molecule has 2 heterocycles. The van der Waals surface area contributed by atoms with Crippen LogP contribution in [0.2, 0.25) is 0 Å². The van der Waals surface area contributed by atoms with Crippen molar-refractivity contribution in [2.45, 2.75) is 19.5 Å². The molecule has 4 aromatic rings. The number of nitrogens with zero attached hydrogens (tertiary/aromatic N) is 3. The lowest BCUT2D eigenvalue weighted by molar-refractivity contribution is 0.783. The molecule has 0 saturated heterocycles. The Labute approximate surface area is 193 Å². The number of rotatable bonds is 7. The lowest BCUT2D eigenvalue weighted by Crippen LogP contribution is -2.37. The Morgan fingerprint density at radius 3 is 2.80 bits per heavy atom. The summed E-state index contributed by atoms with van der Waals surface area (Å²) in [5, 5.41) is 8.09. The number of nitrogens with one attached hydrogen (secondary N) is 3. The Hall–Kier alpha value is -2.81. The first-order valence-electron chi connectivity index (χ1n) is 9.85. The van der Waals surface area contributed by atoms with E-state index >= 15 is 0 Å². The Morgan fingerprint density at radius 2 is 1.97 bits per heavy atom. The van der Waals surface area contributed by atoms with Crippen molar-refractivity contribution in [3.63, 3.8) is 0 Å². The number of hydrogen-bond donors (Lipinski definition) is 3. The molecule has 0 spiro atoms. The predicted octanol–water partition coefficient (Wildman–Crippen LogP) is 3.94. The average Bonchev–Trinajstić information content (AvgIpc) is 3.41. The van der Waals surface area contributed by atoms with Gasteiger partial charge in [0.2, 0.25) is 0 Å². The lowest BCUT2D eigenvalue weighted by Gasteiger charge is -2.12. The van der Waals surface area contributed by atoms with Crippen molar-refractivity contribution in [1.29, 1.82) is 0 Å². The fourth-order valence-electron chi connectivity index (χ4n) is 3.49. The van der Waals surface area contributed by atoms with Gasteiger partial charge in [-0.15, -0.1) is 24.0 Å². The number of aliphatic imine (C=N–C) groups is 1. The summed E-state index contributed by atoms with van der Waals surface area (Å²) in [6.45, 7) is 2.37. The number of aromatic nitrogens is 3. The molecular formula is C23H27IN6. The molecule has 0 saturated carbocycles. The fraction of sp³-hybridized carbons (Fsp3) is 0.217. The second-order valence-electron chi connectivity index (χ2n) is 7.02. The molecule has 0 aliphatic carbocycles. The maximum absolute atomic E-state index is 4.34. The molecule has 0 aliphatic rings. The number of guanidine groups is 1. The quantitative estimate of drug-likeness (QED) is 0.199. The molecule has 0 aliphatic heterocycles. The van der Waals surface area contributed by atoms with Crippen LogP contribution in [0.5, 0.6) is 0 Å². The van der Waals surface area contributed by atoms with Gasteiger partial charge in [0.05, 0.1) is 6.33 Å². The van der Waals surface area contributed by atoms with Crippen LogP contribution in [-0.2, 0) is 19.5 Å². The summed E-state index contributed by atoms with van der Waals surface area (Å²) in [5.74, 6) is 0.810. The molecule has 0 atom stereocenters. The number of benzene rings is 2. The van der Waals surface area contributed by atoms with Gasteiger partial charge >= 0.3 is 0 Å². The largest absolute Gasteiger partial charge is 0.361 e. The standard InChI is InChI=1S/C23H26N6.HI/c1-24-23(26-10-9-20-15-27-22-8-3-2-7-21(20)22)28-14-18-5-4-6-19(13-18)16-29-12-11-25-17-29;/h2-8,11-13,15,17,27H,9-10,14,16H2,1H3,(H2,24,26,28);1H. The Balaban J connectivity index is 0.00000256. The number of H-pyrrole nitrogens is 1. The summed E-state index contributed by atoms with van der Waals surface area (Å²) in [6.07, 6.45) is 8.64. The highest BCUT2D eigenvalue weighted by atomic mass is 127. The number of fused-ring (bicyclic) bond motifs is 1. The molecular weight excluding hydrogens is 487 g/mol. The topological polar surface area (TPSA) is 70.0 Å². The van der Waals surface area contributed by atoms with Crippen molar-refractivity contribution in [3.8, 4) is 0 Å². The van der Waals surface area contributed by atoms with Gasteiger partial charge in [0.15, 0.2) is 5.96 Å². The van der Waals surface area contributed by atoms with E-state index in [1.807, 2.05) is 12.5 Å². The van der Waals surface area contributed by atoms with Gasteiger partial charge in [0, 0.05) is 56.2 Å². The van der Waals surface area contributed by atoms with Crippen molar-refractivity contribution >= 4 is 40.8 Å². The van der Waals surface area contributed by atoms with E-state index in [1.54, 1.807) is 13.2 Å². The maximum Gasteiger partial charge on any atom is 0.191 e. The van der Waals surface area contributed by atoms with Crippen LogP contribution in [0.4, 0.5) is 0 Å². The van der Waals surface area contributed by atoms with E-state index in [0.29, 0.717) is 0 Å². The molecule has 30 heavy (non-hydrogen) atoms. The third-order valence-electron chi connectivity index (χ3n) is 4.96. The van der Waals surface area contributed by atoms with E-state index in [2.05, 4.69) is 84.9 Å². The first-order chi connectivity index (χ1) is 14.3. The van der Waals surface area contributed by atoms with Crippen LogP contribution >= 0.6 is 24.0 Å². The summed E-state index contributed by atoms with van der Waals surface area (Å²) in [6, 6.07) is 17.0. The van der Waals surface area contributed by atoms with Crippen molar-refractivity contribution in [2.75, 3.05) is 13.6 Å². The normalized spacial score (nSPS) is 11.3. The van der Waals surface area contributed by atoms with Gasteiger partial charge in [-0.2, -0.15) is 0 Å². The van der Waals surface area contributed by atoms with Crippen LogP contribution in [0.25, 0.3) is 10.9 Å². The molecule has 6 nitrogen and oxygen atoms in total. The van der Waals surface area contributed by atoms with Crippen LogP contribution in [-0.4, -0.2) is 34.1 Å². The number of halogens is 1. The zero-order valence-electron chi connectivity index (χ0n) is 17.0. The van der Waals surface area contributed by atoms with Crippen molar-refractivity contribution in [3.05, 3.63) is 90.1 Å². The molecule has 156 valence electrons. The summed E-state index contributed by atoms with van der Waals surface area (Å²) < 4.78 is 2.07. The molecule has 2 aromatic carbocycles. The maximum atomic E-state index is 4.34. The van der Waals surface area contributed by atoms with Crippen LogP contribution in [0, 0.1) is 0 Å². The fourth-order valence-corrected chi connectivity index (χ4v) is 3.49. The summed E-state index contributed by atoms with van der Waals surface area (Å²) in [4.78, 5) is 11.8. The number of para-hydroxylation sites is 1. The third-order valence-corrected chi connectivity index (χ3v) is 4.96. The average molecular weight is 514 g/mol. The highest BCUT2D eigenvalue weighted by molar-refractivity contribution is 14.0. The molecule has 4 rings (SSSR count). The van der Waals surface area contributed by atoms with Gasteiger partial charge in [0.25, 0.3) is 0 Å². The lowest BCUT2D eigenvalue weighted by atomic mass is 10.1. The van der Waals surface area contributed by atoms with Gasteiger partial charge in [-0.3, -0.25) is 4.99 Å². The SMILES string of the molecule is CN=C(NCCc1c[nH]c2ccccc12)NCc1cccc(Cn2ccnc2)c1.I. The Bertz CT molecular complexity index is 1080. The molecule has 7 heteroatoms. The molecule has 0 bridgehead atoms. The highest BCUT2D eigenvalue weighted by Gasteiger charge is 2.04. The number of hydrogen-bond acceptors (Lipinski definition) is 2.